The van der Waals surface area contributed by atoms with Gasteiger partial charge in [0.05, 0.1) is 16.7 Å². The summed E-state index contributed by atoms with van der Waals surface area (Å²) in [4.78, 5) is 1.28. The molecule has 1 heterocycles. The molecule has 0 radical (unpaired) electrons. The number of nitrogens with zero attached hydrogens (tertiary/aromatic N) is 3. The van der Waals surface area contributed by atoms with E-state index in [0.29, 0.717) is 6.07 Å². The minimum atomic E-state index is -4.68. The molecule has 0 aromatic heterocycles. The van der Waals surface area contributed by atoms with Crippen LogP contribution in [0.1, 0.15) is 17.2 Å². The molecule has 1 aliphatic heterocycles. The van der Waals surface area contributed by atoms with E-state index in [-0.39, 0.29) is 31.2 Å². The third-order valence-corrected chi connectivity index (χ3v) is 7.13. The largest absolute Gasteiger partial charge is 0.416 e. The summed E-state index contributed by atoms with van der Waals surface area (Å²) in [6, 6.07) is 13.0. The number of benzene rings is 2. The lowest BCUT2D eigenvalue weighted by Crippen LogP contribution is -2.49. The Labute approximate surface area is 172 Å². The first-order chi connectivity index (χ1) is 13.6. The highest BCUT2D eigenvalue weighted by atomic mass is 35.5. The number of sulfonamides is 1. The van der Waals surface area contributed by atoms with Crippen LogP contribution in [0.3, 0.4) is 0 Å². The molecule has 2 aromatic rings. The van der Waals surface area contributed by atoms with Crippen molar-refractivity contribution in [3.8, 4) is 6.07 Å². The second-order valence-corrected chi connectivity index (χ2v) is 8.84. The first-order valence-corrected chi connectivity index (χ1v) is 10.5. The third kappa shape index (κ3) is 4.56. The van der Waals surface area contributed by atoms with Crippen LogP contribution in [-0.4, -0.2) is 43.8 Å². The van der Waals surface area contributed by atoms with E-state index in [1.54, 1.807) is 0 Å². The molecule has 1 aliphatic rings. The van der Waals surface area contributed by atoms with E-state index in [1.807, 2.05) is 35.2 Å². The van der Waals surface area contributed by atoms with Gasteiger partial charge in [-0.3, -0.25) is 4.90 Å². The van der Waals surface area contributed by atoms with Crippen LogP contribution in [-0.2, 0) is 16.2 Å². The summed E-state index contributed by atoms with van der Waals surface area (Å²) in [7, 11) is -4.20. The van der Waals surface area contributed by atoms with Crippen molar-refractivity contribution in [2.45, 2.75) is 17.1 Å². The molecule has 0 amide bonds. The van der Waals surface area contributed by atoms with Gasteiger partial charge in [-0.05, 0) is 23.8 Å². The number of hydrogen-bond donors (Lipinski definition) is 0. The van der Waals surface area contributed by atoms with Gasteiger partial charge in [0.2, 0.25) is 10.0 Å². The van der Waals surface area contributed by atoms with E-state index in [2.05, 4.69) is 6.07 Å². The maximum Gasteiger partial charge on any atom is 0.416 e. The van der Waals surface area contributed by atoms with Crippen molar-refractivity contribution in [3.63, 3.8) is 0 Å². The number of alkyl halides is 3. The molecular formula is C19H17ClF3N3O2S. The van der Waals surface area contributed by atoms with Crippen molar-refractivity contribution >= 4 is 21.6 Å². The van der Waals surface area contributed by atoms with E-state index in [1.165, 1.54) is 0 Å². The second-order valence-electron chi connectivity index (χ2n) is 6.53. The number of hydrogen-bond acceptors (Lipinski definition) is 4. The molecule has 5 nitrogen and oxygen atoms in total. The van der Waals surface area contributed by atoms with Gasteiger partial charge in [-0.1, -0.05) is 41.9 Å². The molecule has 0 saturated carbocycles. The monoisotopic (exact) mass is 443 g/mol. The van der Waals surface area contributed by atoms with Gasteiger partial charge in [0.1, 0.15) is 10.9 Å². The van der Waals surface area contributed by atoms with Gasteiger partial charge in [0.25, 0.3) is 0 Å². The minimum Gasteiger partial charge on any atom is -0.282 e. The summed E-state index contributed by atoms with van der Waals surface area (Å²) >= 11 is 5.90. The van der Waals surface area contributed by atoms with Crippen molar-refractivity contribution in [1.29, 1.82) is 5.26 Å². The Morgan fingerprint density at radius 3 is 2.21 bits per heavy atom. The fourth-order valence-electron chi connectivity index (χ4n) is 3.22. The summed E-state index contributed by atoms with van der Waals surface area (Å²) in [5.41, 5.74) is -0.278. The van der Waals surface area contributed by atoms with E-state index in [0.717, 1.165) is 22.0 Å². The molecular weight excluding hydrogens is 427 g/mol. The van der Waals surface area contributed by atoms with Crippen LogP contribution in [0.2, 0.25) is 5.02 Å². The summed E-state index contributed by atoms with van der Waals surface area (Å²) < 4.78 is 65.8. The fraction of sp³-hybridized carbons (Fsp3) is 0.316. The van der Waals surface area contributed by atoms with Crippen LogP contribution in [0.15, 0.2) is 53.4 Å². The lowest BCUT2D eigenvalue weighted by Gasteiger charge is -2.36. The Balaban J connectivity index is 1.79. The van der Waals surface area contributed by atoms with E-state index < -0.39 is 32.7 Å². The lowest BCUT2D eigenvalue weighted by molar-refractivity contribution is -0.137. The van der Waals surface area contributed by atoms with Gasteiger partial charge < -0.3 is 0 Å². The normalized spacial score (nSPS) is 17.6. The molecule has 1 saturated heterocycles. The molecule has 0 spiro atoms. The highest BCUT2D eigenvalue weighted by Crippen LogP contribution is 2.35. The fourth-order valence-corrected chi connectivity index (χ4v) is 5.14. The van der Waals surface area contributed by atoms with Crippen LogP contribution in [0, 0.1) is 11.3 Å². The predicted molar refractivity (Wildman–Crippen MR) is 102 cm³/mol. The zero-order valence-corrected chi connectivity index (χ0v) is 16.7. The topological polar surface area (TPSA) is 64.4 Å². The molecule has 2 aromatic carbocycles. The first-order valence-electron chi connectivity index (χ1n) is 8.70. The maximum atomic E-state index is 13.0. The van der Waals surface area contributed by atoms with Gasteiger partial charge in [0.15, 0.2) is 0 Å². The van der Waals surface area contributed by atoms with Crippen molar-refractivity contribution in [2.75, 3.05) is 26.2 Å². The first kappa shape index (κ1) is 21.6. The van der Waals surface area contributed by atoms with Crippen molar-refractivity contribution < 1.29 is 21.6 Å². The highest BCUT2D eigenvalue weighted by Gasteiger charge is 2.36. The SMILES string of the molecule is N#CC(c1ccccc1)N1CCN(S(=O)(=O)c2cc(C(F)(F)F)ccc2Cl)CC1. The molecule has 1 unspecified atom stereocenters. The Morgan fingerprint density at radius 1 is 1.03 bits per heavy atom. The Morgan fingerprint density at radius 2 is 1.66 bits per heavy atom. The zero-order valence-electron chi connectivity index (χ0n) is 15.1. The van der Waals surface area contributed by atoms with E-state index >= 15 is 0 Å². The molecule has 0 aliphatic carbocycles. The van der Waals surface area contributed by atoms with Gasteiger partial charge in [-0.25, -0.2) is 8.42 Å². The van der Waals surface area contributed by atoms with Gasteiger partial charge in [-0.2, -0.15) is 22.7 Å². The van der Waals surface area contributed by atoms with Gasteiger partial charge in [0, 0.05) is 26.2 Å². The molecule has 10 heteroatoms. The average Bonchev–Trinajstić information content (AvgIpc) is 2.69. The number of halogens is 4. The zero-order chi connectivity index (χ0) is 21.2. The highest BCUT2D eigenvalue weighted by molar-refractivity contribution is 7.89. The molecule has 1 fully saturated rings. The second kappa shape index (κ2) is 8.32. The molecule has 0 N–H and O–H groups in total. The van der Waals surface area contributed by atoms with Crippen LogP contribution < -0.4 is 0 Å². The molecule has 3 rings (SSSR count). The van der Waals surface area contributed by atoms with Crippen LogP contribution >= 0.6 is 11.6 Å². The van der Waals surface area contributed by atoms with Crippen LogP contribution in [0.25, 0.3) is 0 Å². The summed E-state index contributed by atoms with van der Waals surface area (Å²) in [5.74, 6) is 0. The molecule has 0 bridgehead atoms. The van der Waals surface area contributed by atoms with Crippen molar-refractivity contribution in [2.24, 2.45) is 0 Å². The predicted octanol–water partition coefficient (Wildman–Crippen LogP) is 3.93. The number of rotatable bonds is 4. The van der Waals surface area contributed by atoms with Crippen LogP contribution in [0.5, 0.6) is 0 Å². The van der Waals surface area contributed by atoms with Crippen molar-refractivity contribution in [3.05, 3.63) is 64.7 Å². The molecule has 29 heavy (non-hydrogen) atoms. The summed E-state index contributed by atoms with van der Waals surface area (Å²) in [6.45, 7) is 0.617. The Hall–Kier alpha value is -2.12. The quantitative estimate of drug-likeness (QED) is 0.718. The Bertz CT molecular complexity index is 1020. The lowest BCUT2D eigenvalue weighted by atomic mass is 10.1. The average molecular weight is 444 g/mol. The van der Waals surface area contributed by atoms with E-state index in [4.69, 9.17) is 11.6 Å². The van der Waals surface area contributed by atoms with Gasteiger partial charge >= 0.3 is 6.18 Å². The number of nitriles is 1. The summed E-state index contributed by atoms with van der Waals surface area (Å²) in [6.07, 6.45) is -4.68. The van der Waals surface area contributed by atoms with Crippen LogP contribution in [0.4, 0.5) is 13.2 Å². The third-order valence-electron chi connectivity index (χ3n) is 4.75. The van der Waals surface area contributed by atoms with Crippen molar-refractivity contribution in [1.82, 2.24) is 9.21 Å². The smallest absolute Gasteiger partial charge is 0.282 e. The summed E-state index contributed by atoms with van der Waals surface area (Å²) in [5, 5.41) is 9.27. The number of piperazine rings is 1. The minimum absolute atomic E-state index is 0.0416. The Kier molecular flexibility index (Phi) is 6.19. The molecule has 154 valence electrons. The van der Waals surface area contributed by atoms with E-state index in [9.17, 15) is 26.9 Å². The maximum absolute atomic E-state index is 13.0. The standard InChI is InChI=1S/C19H17ClF3N3O2S/c20-16-7-6-15(19(21,22)23)12-18(16)29(27,28)26-10-8-25(9-11-26)17(13-24)14-4-2-1-3-5-14/h1-7,12,17H,8-11H2. The van der Waals surface area contributed by atoms with Gasteiger partial charge in [-0.15, -0.1) is 0 Å². The molecule has 1 atom stereocenters.